The number of hydrogen-bond donors (Lipinski definition) is 1. The van der Waals surface area contributed by atoms with Crippen LogP contribution in [-0.2, 0) is 28.8 Å². The molecule has 0 spiro atoms. The average molecular weight is 207 g/mol. The second kappa shape index (κ2) is 4.51. The smallest absolute Gasteiger partial charge is 0.310 e. The predicted molar refractivity (Wildman–Crippen MR) is 57.8 cm³/mol. The van der Waals surface area contributed by atoms with Gasteiger partial charge in [0.1, 0.15) is 0 Å². The van der Waals surface area contributed by atoms with Crippen LogP contribution < -0.4 is 0 Å². The lowest BCUT2D eigenvalue weighted by Gasteiger charge is -2.12. The molecule has 82 valence electrons. The number of rotatable bonds is 3. The second-order valence-electron chi connectivity index (χ2n) is 3.96. The molecule has 1 aliphatic carbocycles. The van der Waals surface area contributed by atoms with E-state index in [0.717, 1.165) is 18.4 Å². The van der Waals surface area contributed by atoms with Crippen LogP contribution in [0.2, 0.25) is 0 Å². The molecule has 3 nitrogen and oxygen atoms in total. The van der Waals surface area contributed by atoms with Crippen molar-refractivity contribution >= 4 is 5.97 Å². The first-order valence-corrected chi connectivity index (χ1v) is 5.65. The van der Waals surface area contributed by atoms with E-state index in [1.807, 2.05) is 13.1 Å². The molecule has 0 fully saturated rings. The van der Waals surface area contributed by atoms with Gasteiger partial charge in [0.15, 0.2) is 0 Å². The molecule has 0 atom stereocenters. The van der Waals surface area contributed by atoms with Crippen molar-refractivity contribution in [3.8, 4) is 0 Å². The average Bonchev–Trinajstić information content (AvgIpc) is 2.62. The number of fused-ring (bicyclic) bond motifs is 1. The Morgan fingerprint density at radius 1 is 1.47 bits per heavy atom. The number of esters is 1. The monoisotopic (exact) mass is 207 g/mol. The number of ether oxygens (including phenoxy) is 1. The van der Waals surface area contributed by atoms with Gasteiger partial charge in [-0.2, -0.15) is 0 Å². The van der Waals surface area contributed by atoms with E-state index >= 15 is 0 Å². The predicted octanol–water partition coefficient (Wildman–Crippen LogP) is 2.00. The van der Waals surface area contributed by atoms with Crippen molar-refractivity contribution in [3.05, 3.63) is 23.0 Å². The summed E-state index contributed by atoms with van der Waals surface area (Å²) < 4.78 is 4.95. The number of aromatic amines is 1. The fraction of sp³-hybridized carbons (Fsp3) is 0.583. The maximum Gasteiger partial charge on any atom is 0.310 e. The Morgan fingerprint density at radius 2 is 2.27 bits per heavy atom. The number of nitrogens with one attached hydrogen (secondary N) is 1. The van der Waals surface area contributed by atoms with Gasteiger partial charge in [-0.15, -0.1) is 0 Å². The zero-order valence-corrected chi connectivity index (χ0v) is 9.14. The van der Waals surface area contributed by atoms with E-state index in [1.54, 1.807) is 0 Å². The van der Waals surface area contributed by atoms with Crippen LogP contribution in [-0.4, -0.2) is 17.6 Å². The SMILES string of the molecule is CCOC(=O)Cc1c[nH]c2c1CCCC2. The third kappa shape index (κ3) is 2.22. The van der Waals surface area contributed by atoms with Gasteiger partial charge in [0.25, 0.3) is 0 Å². The standard InChI is InChI=1S/C12H17NO2/c1-2-15-12(14)7-9-8-13-11-6-4-3-5-10(9)11/h8,13H,2-7H2,1H3. The van der Waals surface area contributed by atoms with Crippen LogP contribution in [0.3, 0.4) is 0 Å². The van der Waals surface area contributed by atoms with Crippen molar-refractivity contribution < 1.29 is 9.53 Å². The molecule has 1 aromatic heterocycles. The highest BCUT2D eigenvalue weighted by Crippen LogP contribution is 2.24. The molecule has 0 aromatic carbocycles. The Morgan fingerprint density at radius 3 is 3.07 bits per heavy atom. The number of aryl methyl sites for hydroxylation is 1. The van der Waals surface area contributed by atoms with Gasteiger partial charge < -0.3 is 9.72 Å². The molecule has 0 unspecified atom stereocenters. The fourth-order valence-electron chi connectivity index (χ4n) is 2.21. The molecule has 0 saturated carbocycles. The first kappa shape index (κ1) is 10.3. The third-order valence-electron chi connectivity index (χ3n) is 2.92. The van der Waals surface area contributed by atoms with Crippen LogP contribution in [0.25, 0.3) is 0 Å². The van der Waals surface area contributed by atoms with Gasteiger partial charge >= 0.3 is 5.97 Å². The Kier molecular flexibility index (Phi) is 3.09. The van der Waals surface area contributed by atoms with Crippen LogP contribution in [0.4, 0.5) is 0 Å². The van der Waals surface area contributed by atoms with E-state index in [9.17, 15) is 4.79 Å². The van der Waals surface area contributed by atoms with Crippen LogP contribution >= 0.6 is 0 Å². The van der Waals surface area contributed by atoms with E-state index in [2.05, 4.69) is 4.98 Å². The van der Waals surface area contributed by atoms with Gasteiger partial charge in [-0.25, -0.2) is 0 Å². The minimum atomic E-state index is -0.120. The first-order valence-electron chi connectivity index (χ1n) is 5.65. The summed E-state index contributed by atoms with van der Waals surface area (Å²) in [7, 11) is 0. The molecule has 3 heteroatoms. The maximum absolute atomic E-state index is 11.4. The zero-order chi connectivity index (χ0) is 10.7. The van der Waals surface area contributed by atoms with E-state index in [1.165, 1.54) is 24.1 Å². The number of carbonyl (C=O) groups excluding carboxylic acids is 1. The summed E-state index contributed by atoms with van der Waals surface area (Å²) in [6, 6.07) is 0. The molecular weight excluding hydrogens is 190 g/mol. The molecule has 0 aliphatic heterocycles. The van der Waals surface area contributed by atoms with Crippen molar-refractivity contribution in [2.24, 2.45) is 0 Å². The van der Waals surface area contributed by atoms with Crippen molar-refractivity contribution in [1.82, 2.24) is 4.98 Å². The Labute approximate surface area is 89.8 Å². The summed E-state index contributed by atoms with van der Waals surface area (Å²) >= 11 is 0. The maximum atomic E-state index is 11.4. The molecule has 1 aliphatic rings. The lowest BCUT2D eigenvalue weighted by atomic mass is 9.94. The van der Waals surface area contributed by atoms with Crippen molar-refractivity contribution in [2.45, 2.75) is 39.0 Å². The van der Waals surface area contributed by atoms with Crippen molar-refractivity contribution in [3.63, 3.8) is 0 Å². The molecule has 2 rings (SSSR count). The largest absolute Gasteiger partial charge is 0.466 e. The molecule has 1 heterocycles. The lowest BCUT2D eigenvalue weighted by molar-refractivity contribution is -0.142. The fourth-order valence-corrected chi connectivity index (χ4v) is 2.21. The summed E-state index contributed by atoms with van der Waals surface area (Å²) in [5.74, 6) is -0.120. The summed E-state index contributed by atoms with van der Waals surface area (Å²) in [6.07, 6.45) is 7.10. The summed E-state index contributed by atoms with van der Waals surface area (Å²) in [5.41, 5.74) is 3.80. The van der Waals surface area contributed by atoms with E-state index in [-0.39, 0.29) is 5.97 Å². The van der Waals surface area contributed by atoms with Gasteiger partial charge in [0.05, 0.1) is 13.0 Å². The highest BCUT2D eigenvalue weighted by molar-refractivity contribution is 5.73. The van der Waals surface area contributed by atoms with Crippen LogP contribution in [0, 0.1) is 0 Å². The number of hydrogen-bond acceptors (Lipinski definition) is 2. The van der Waals surface area contributed by atoms with Crippen LogP contribution in [0.5, 0.6) is 0 Å². The van der Waals surface area contributed by atoms with Crippen LogP contribution in [0.1, 0.15) is 36.6 Å². The molecular formula is C12H17NO2. The second-order valence-corrected chi connectivity index (χ2v) is 3.96. The Hall–Kier alpha value is -1.25. The third-order valence-corrected chi connectivity index (χ3v) is 2.92. The molecule has 0 bridgehead atoms. The summed E-state index contributed by atoms with van der Waals surface area (Å²) in [4.78, 5) is 14.6. The van der Waals surface area contributed by atoms with Crippen LogP contribution in [0.15, 0.2) is 6.20 Å². The quantitative estimate of drug-likeness (QED) is 0.770. The molecule has 0 radical (unpaired) electrons. The molecule has 1 aromatic rings. The zero-order valence-electron chi connectivity index (χ0n) is 9.14. The Balaban J connectivity index is 2.08. The molecule has 1 N–H and O–H groups in total. The summed E-state index contributed by atoms with van der Waals surface area (Å²) in [5, 5.41) is 0. The van der Waals surface area contributed by atoms with Gasteiger partial charge in [0.2, 0.25) is 0 Å². The normalized spacial score (nSPS) is 14.7. The molecule has 15 heavy (non-hydrogen) atoms. The van der Waals surface area contributed by atoms with Gasteiger partial charge in [-0.05, 0) is 43.7 Å². The minimum Gasteiger partial charge on any atom is -0.466 e. The molecule has 0 saturated heterocycles. The summed E-state index contributed by atoms with van der Waals surface area (Å²) in [6.45, 7) is 2.30. The highest BCUT2D eigenvalue weighted by atomic mass is 16.5. The van der Waals surface area contributed by atoms with Gasteiger partial charge in [0, 0.05) is 11.9 Å². The number of carbonyl (C=O) groups is 1. The van der Waals surface area contributed by atoms with Crippen molar-refractivity contribution in [1.29, 1.82) is 0 Å². The molecule has 0 amide bonds. The van der Waals surface area contributed by atoms with Gasteiger partial charge in [-0.3, -0.25) is 4.79 Å². The first-order chi connectivity index (χ1) is 7.31. The number of aromatic nitrogens is 1. The van der Waals surface area contributed by atoms with E-state index < -0.39 is 0 Å². The highest BCUT2D eigenvalue weighted by Gasteiger charge is 2.17. The Bertz CT molecular complexity index is 355. The number of H-pyrrole nitrogens is 1. The topological polar surface area (TPSA) is 42.1 Å². The minimum absolute atomic E-state index is 0.120. The van der Waals surface area contributed by atoms with Crippen molar-refractivity contribution in [2.75, 3.05) is 6.61 Å². The van der Waals surface area contributed by atoms with E-state index in [4.69, 9.17) is 4.74 Å². The van der Waals surface area contributed by atoms with Gasteiger partial charge in [-0.1, -0.05) is 0 Å². The van der Waals surface area contributed by atoms with E-state index in [0.29, 0.717) is 13.0 Å². The lowest BCUT2D eigenvalue weighted by Crippen LogP contribution is -2.09.